The summed E-state index contributed by atoms with van der Waals surface area (Å²) in [6, 6.07) is 1.25. The molecule has 2 rings (SSSR count). The van der Waals surface area contributed by atoms with Gasteiger partial charge in [-0.3, -0.25) is 10.1 Å². The van der Waals surface area contributed by atoms with Gasteiger partial charge in [-0.15, -0.1) is 21.8 Å². The van der Waals surface area contributed by atoms with Crippen molar-refractivity contribution in [2.75, 3.05) is 5.88 Å². The van der Waals surface area contributed by atoms with E-state index in [1.807, 2.05) is 0 Å². The van der Waals surface area contributed by atoms with E-state index in [9.17, 15) is 18.9 Å². The van der Waals surface area contributed by atoms with Gasteiger partial charge in [-0.2, -0.15) is 4.39 Å². The topological polar surface area (TPSA) is 82.1 Å². The summed E-state index contributed by atoms with van der Waals surface area (Å²) in [6.45, 7) is 0. The first-order valence-electron chi connectivity index (χ1n) is 5.55. The second kappa shape index (κ2) is 5.91. The lowest BCUT2D eigenvalue weighted by Gasteiger charge is -1.99. The summed E-state index contributed by atoms with van der Waals surface area (Å²) in [4.78, 5) is 9.60. The molecule has 106 valence electrons. The molecule has 0 N–H and O–H groups in total. The number of hydrogen-bond acceptors (Lipinski definition) is 5. The highest BCUT2D eigenvalue weighted by Gasteiger charge is 2.24. The van der Waals surface area contributed by atoms with Crippen LogP contribution in [-0.4, -0.2) is 21.0 Å². The minimum Gasteiger partial charge on any atom is -0.421 e. The minimum atomic E-state index is -1.22. The maximum absolute atomic E-state index is 13.9. The van der Waals surface area contributed by atoms with Gasteiger partial charge in [0.15, 0.2) is 0 Å². The van der Waals surface area contributed by atoms with Gasteiger partial charge >= 0.3 is 5.69 Å². The van der Waals surface area contributed by atoms with Crippen LogP contribution >= 0.6 is 11.6 Å². The van der Waals surface area contributed by atoms with Gasteiger partial charge in [0.05, 0.1) is 16.6 Å². The van der Waals surface area contributed by atoms with Crippen molar-refractivity contribution in [2.45, 2.75) is 12.8 Å². The van der Waals surface area contributed by atoms with Crippen LogP contribution in [-0.2, 0) is 6.42 Å². The second-order valence-electron chi connectivity index (χ2n) is 3.84. The van der Waals surface area contributed by atoms with Gasteiger partial charge in [0, 0.05) is 12.3 Å². The van der Waals surface area contributed by atoms with Gasteiger partial charge in [-0.1, -0.05) is 0 Å². The molecule has 9 heteroatoms. The lowest BCUT2D eigenvalue weighted by Crippen LogP contribution is -1.97. The molecule has 0 amide bonds. The summed E-state index contributed by atoms with van der Waals surface area (Å²) in [5.41, 5.74) is -1.43. The van der Waals surface area contributed by atoms with E-state index in [-0.39, 0.29) is 11.8 Å². The quantitative estimate of drug-likeness (QED) is 0.481. The van der Waals surface area contributed by atoms with Crippen molar-refractivity contribution in [3.63, 3.8) is 0 Å². The summed E-state index contributed by atoms with van der Waals surface area (Å²) < 4.78 is 32.3. The monoisotopic (exact) mass is 303 g/mol. The van der Waals surface area contributed by atoms with E-state index in [0.29, 0.717) is 24.8 Å². The summed E-state index contributed by atoms with van der Waals surface area (Å²) in [6.07, 6.45) is 0.963. The lowest BCUT2D eigenvalue weighted by molar-refractivity contribution is -0.387. The Morgan fingerprint density at radius 3 is 2.75 bits per heavy atom. The Balaban J connectivity index is 2.42. The van der Waals surface area contributed by atoms with Crippen LogP contribution in [0.2, 0.25) is 0 Å². The Morgan fingerprint density at radius 1 is 1.35 bits per heavy atom. The zero-order valence-electron chi connectivity index (χ0n) is 9.98. The average molecular weight is 304 g/mol. The number of alkyl halides is 1. The molecule has 0 aliphatic heterocycles. The summed E-state index contributed by atoms with van der Waals surface area (Å²) >= 11 is 5.50. The van der Waals surface area contributed by atoms with E-state index in [1.54, 1.807) is 0 Å². The number of nitro groups is 1. The summed E-state index contributed by atoms with van der Waals surface area (Å²) in [5, 5.41) is 17.8. The number of nitrogens with zero attached hydrogens (tertiary/aromatic N) is 3. The molecule has 0 unspecified atom stereocenters. The summed E-state index contributed by atoms with van der Waals surface area (Å²) in [5.74, 6) is -1.91. The maximum atomic E-state index is 13.9. The molecule has 0 fully saturated rings. The molecule has 0 saturated carbocycles. The van der Waals surface area contributed by atoms with Crippen LogP contribution in [0.5, 0.6) is 0 Å². The largest absolute Gasteiger partial charge is 0.421 e. The van der Waals surface area contributed by atoms with Crippen LogP contribution in [0.25, 0.3) is 11.5 Å². The Bertz CT molecular complexity index is 648. The van der Waals surface area contributed by atoms with Crippen molar-refractivity contribution in [1.82, 2.24) is 10.2 Å². The fourth-order valence-electron chi connectivity index (χ4n) is 1.54. The molecule has 20 heavy (non-hydrogen) atoms. The zero-order chi connectivity index (χ0) is 14.7. The van der Waals surface area contributed by atoms with Crippen LogP contribution in [0.15, 0.2) is 16.5 Å². The smallest absolute Gasteiger partial charge is 0.308 e. The number of aromatic nitrogens is 2. The van der Waals surface area contributed by atoms with E-state index in [0.717, 1.165) is 6.07 Å². The number of aryl methyl sites for hydroxylation is 1. The molecule has 1 aromatic carbocycles. The third-order valence-electron chi connectivity index (χ3n) is 2.44. The molecule has 0 bridgehead atoms. The molecule has 1 aromatic heterocycles. The SMILES string of the molecule is O=[N+]([O-])c1cc(F)cc(-c2nnc(CCCCl)o2)c1F. The maximum Gasteiger partial charge on any atom is 0.308 e. The molecule has 0 aliphatic rings. The molecule has 0 atom stereocenters. The molecule has 1 heterocycles. The Labute approximate surface area is 116 Å². The highest BCUT2D eigenvalue weighted by atomic mass is 35.5. The average Bonchev–Trinajstić information content (AvgIpc) is 2.87. The second-order valence-corrected chi connectivity index (χ2v) is 4.22. The molecule has 2 aromatic rings. The van der Waals surface area contributed by atoms with E-state index in [2.05, 4.69) is 10.2 Å². The van der Waals surface area contributed by atoms with Crippen LogP contribution in [0.4, 0.5) is 14.5 Å². The van der Waals surface area contributed by atoms with E-state index >= 15 is 0 Å². The first-order chi connectivity index (χ1) is 9.52. The fraction of sp³-hybridized carbons (Fsp3) is 0.273. The van der Waals surface area contributed by atoms with E-state index in [1.165, 1.54) is 0 Å². The molecule has 0 spiro atoms. The van der Waals surface area contributed by atoms with Crippen molar-refractivity contribution in [3.05, 3.63) is 39.8 Å². The normalized spacial score (nSPS) is 10.8. The Kier molecular flexibility index (Phi) is 4.23. The van der Waals surface area contributed by atoms with Crippen LogP contribution in [0.1, 0.15) is 12.3 Å². The van der Waals surface area contributed by atoms with Crippen LogP contribution in [0.3, 0.4) is 0 Å². The van der Waals surface area contributed by atoms with Crippen molar-refractivity contribution in [1.29, 1.82) is 0 Å². The predicted octanol–water partition coefficient (Wildman–Crippen LogP) is 3.09. The number of benzene rings is 1. The summed E-state index contributed by atoms with van der Waals surface area (Å²) in [7, 11) is 0. The molecule has 0 aliphatic carbocycles. The van der Waals surface area contributed by atoms with Gasteiger partial charge < -0.3 is 4.42 Å². The van der Waals surface area contributed by atoms with Gasteiger partial charge in [0.1, 0.15) is 5.82 Å². The van der Waals surface area contributed by atoms with Gasteiger partial charge in [-0.05, 0) is 12.5 Å². The number of rotatable bonds is 5. The molecular formula is C11H8ClF2N3O3. The zero-order valence-corrected chi connectivity index (χ0v) is 10.7. The standard InChI is InChI=1S/C11H8ClF2N3O3/c12-3-1-2-9-15-16-11(20-9)7-4-6(13)5-8(10(7)14)17(18)19/h4-5H,1-3H2. The van der Waals surface area contributed by atoms with Crippen molar-refractivity contribution in [3.8, 4) is 11.5 Å². The van der Waals surface area contributed by atoms with Gasteiger partial charge in [0.2, 0.25) is 11.7 Å². The van der Waals surface area contributed by atoms with Gasteiger partial charge in [0.25, 0.3) is 5.89 Å². The van der Waals surface area contributed by atoms with E-state index in [4.69, 9.17) is 16.0 Å². The first kappa shape index (κ1) is 14.3. The molecule has 0 saturated heterocycles. The number of nitro benzene ring substituents is 1. The van der Waals surface area contributed by atoms with Crippen LogP contribution < -0.4 is 0 Å². The third kappa shape index (κ3) is 2.90. The predicted molar refractivity (Wildman–Crippen MR) is 65.3 cm³/mol. The molecular weight excluding hydrogens is 296 g/mol. The Morgan fingerprint density at radius 2 is 2.10 bits per heavy atom. The molecule has 6 nitrogen and oxygen atoms in total. The van der Waals surface area contributed by atoms with Crippen LogP contribution in [0, 0.1) is 21.7 Å². The van der Waals surface area contributed by atoms with Crippen molar-refractivity contribution in [2.24, 2.45) is 0 Å². The lowest BCUT2D eigenvalue weighted by atomic mass is 10.2. The van der Waals surface area contributed by atoms with Crippen molar-refractivity contribution >= 4 is 17.3 Å². The number of halogens is 3. The Hall–Kier alpha value is -2.09. The fourth-order valence-corrected chi connectivity index (χ4v) is 1.68. The third-order valence-corrected chi connectivity index (χ3v) is 2.70. The highest BCUT2D eigenvalue weighted by Crippen LogP contribution is 2.29. The van der Waals surface area contributed by atoms with Crippen molar-refractivity contribution < 1.29 is 18.1 Å². The first-order valence-corrected chi connectivity index (χ1v) is 6.08. The minimum absolute atomic E-state index is 0.201. The number of hydrogen-bond donors (Lipinski definition) is 0. The highest BCUT2D eigenvalue weighted by molar-refractivity contribution is 6.17. The van der Waals surface area contributed by atoms with E-state index < -0.39 is 27.8 Å². The van der Waals surface area contributed by atoms with Gasteiger partial charge in [-0.25, -0.2) is 4.39 Å². The molecule has 0 radical (unpaired) electrons.